The van der Waals surface area contributed by atoms with Gasteiger partial charge in [0.05, 0.1) is 11.0 Å². The van der Waals surface area contributed by atoms with Crippen LogP contribution in [0.25, 0.3) is 22.4 Å². The number of aromatic nitrogens is 3. The first-order valence-corrected chi connectivity index (χ1v) is 8.14. The van der Waals surface area contributed by atoms with Gasteiger partial charge < -0.3 is 4.57 Å². The van der Waals surface area contributed by atoms with Crippen LogP contribution in [0.5, 0.6) is 0 Å². The van der Waals surface area contributed by atoms with Crippen LogP contribution in [0.3, 0.4) is 0 Å². The fourth-order valence-electron chi connectivity index (χ4n) is 3.10. The van der Waals surface area contributed by atoms with E-state index in [4.69, 9.17) is 4.98 Å². The summed E-state index contributed by atoms with van der Waals surface area (Å²) in [6, 6.07) is 19.0. The Labute approximate surface area is 141 Å². The summed E-state index contributed by atoms with van der Waals surface area (Å²) in [5.41, 5.74) is 7.18. The molecule has 24 heavy (non-hydrogen) atoms. The Balaban J connectivity index is 1.91. The van der Waals surface area contributed by atoms with Gasteiger partial charge in [-0.05, 0) is 49.2 Å². The summed E-state index contributed by atoms with van der Waals surface area (Å²) in [7, 11) is 0. The van der Waals surface area contributed by atoms with Gasteiger partial charge in [0.2, 0.25) is 0 Å². The largest absolute Gasteiger partial charge is 0.319 e. The molecule has 0 fully saturated rings. The molecule has 0 saturated carbocycles. The van der Waals surface area contributed by atoms with Gasteiger partial charge in [-0.1, -0.05) is 35.9 Å². The van der Waals surface area contributed by atoms with E-state index in [-0.39, 0.29) is 0 Å². The fraction of sp³-hybridized carbons (Fsp3) is 0.143. The summed E-state index contributed by atoms with van der Waals surface area (Å²) < 4.78 is 2.30. The third-order valence-corrected chi connectivity index (χ3v) is 4.43. The molecule has 0 aliphatic rings. The summed E-state index contributed by atoms with van der Waals surface area (Å²) in [6.07, 6.45) is 3.63. The lowest BCUT2D eigenvalue weighted by Crippen LogP contribution is -2.04. The van der Waals surface area contributed by atoms with Crippen molar-refractivity contribution in [1.82, 2.24) is 14.5 Å². The Bertz CT molecular complexity index is 1000. The number of aryl methyl sites for hydroxylation is 2. The molecule has 2 aromatic heterocycles. The highest BCUT2D eigenvalue weighted by Crippen LogP contribution is 2.26. The number of benzene rings is 2. The van der Waals surface area contributed by atoms with Gasteiger partial charge in [0, 0.05) is 24.5 Å². The van der Waals surface area contributed by atoms with Crippen molar-refractivity contribution in [3.8, 4) is 11.4 Å². The number of hydrogen-bond acceptors (Lipinski definition) is 2. The van der Waals surface area contributed by atoms with Crippen LogP contribution in [-0.2, 0) is 6.54 Å². The molecule has 2 aromatic carbocycles. The smallest absolute Gasteiger partial charge is 0.141 e. The van der Waals surface area contributed by atoms with Gasteiger partial charge >= 0.3 is 0 Å². The second-order valence-corrected chi connectivity index (χ2v) is 6.18. The number of fused-ring (bicyclic) bond motifs is 1. The Morgan fingerprint density at radius 3 is 2.54 bits per heavy atom. The van der Waals surface area contributed by atoms with Crippen molar-refractivity contribution in [1.29, 1.82) is 0 Å². The first-order chi connectivity index (χ1) is 11.7. The van der Waals surface area contributed by atoms with E-state index in [1.165, 1.54) is 16.7 Å². The van der Waals surface area contributed by atoms with Gasteiger partial charge in [0.25, 0.3) is 0 Å². The second kappa shape index (κ2) is 5.93. The molecule has 4 aromatic rings. The average molecular weight is 313 g/mol. The van der Waals surface area contributed by atoms with Gasteiger partial charge in [-0.25, -0.2) is 4.98 Å². The monoisotopic (exact) mass is 313 g/mol. The Kier molecular flexibility index (Phi) is 3.62. The van der Waals surface area contributed by atoms with Gasteiger partial charge in [-0.2, -0.15) is 0 Å². The minimum atomic E-state index is 0.811. The quantitative estimate of drug-likeness (QED) is 0.546. The van der Waals surface area contributed by atoms with E-state index in [0.717, 1.165) is 29.0 Å². The lowest BCUT2D eigenvalue weighted by molar-refractivity contribution is 0.827. The number of nitrogens with zero attached hydrogens (tertiary/aromatic N) is 3. The molecule has 2 heterocycles. The molecule has 0 spiro atoms. The van der Waals surface area contributed by atoms with E-state index in [2.05, 4.69) is 59.8 Å². The van der Waals surface area contributed by atoms with Crippen LogP contribution in [0.4, 0.5) is 0 Å². The highest BCUT2D eigenvalue weighted by Gasteiger charge is 2.13. The molecular weight excluding hydrogens is 294 g/mol. The third-order valence-electron chi connectivity index (χ3n) is 4.43. The van der Waals surface area contributed by atoms with Crippen molar-refractivity contribution in [2.75, 3.05) is 0 Å². The maximum atomic E-state index is 4.87. The third kappa shape index (κ3) is 2.58. The number of pyridine rings is 1. The molecule has 0 N–H and O–H groups in total. The van der Waals surface area contributed by atoms with E-state index >= 15 is 0 Å². The van der Waals surface area contributed by atoms with Crippen LogP contribution in [0.15, 0.2) is 67.0 Å². The van der Waals surface area contributed by atoms with Crippen LogP contribution in [-0.4, -0.2) is 14.5 Å². The van der Waals surface area contributed by atoms with Crippen LogP contribution < -0.4 is 0 Å². The average Bonchev–Trinajstić information content (AvgIpc) is 2.98. The molecular formula is C21H19N3. The zero-order valence-electron chi connectivity index (χ0n) is 13.9. The summed E-state index contributed by atoms with van der Waals surface area (Å²) >= 11 is 0. The highest BCUT2D eigenvalue weighted by atomic mass is 15.1. The SMILES string of the molecule is Cc1ccc(C)c(Cn2c(-c3ccncc3)nc3ccccc32)c1. The number of imidazole rings is 1. The number of hydrogen-bond donors (Lipinski definition) is 0. The summed E-state index contributed by atoms with van der Waals surface area (Å²) in [6.45, 7) is 5.12. The maximum absolute atomic E-state index is 4.87. The first kappa shape index (κ1) is 14.6. The van der Waals surface area contributed by atoms with Crippen molar-refractivity contribution < 1.29 is 0 Å². The van der Waals surface area contributed by atoms with Crippen LogP contribution in [0, 0.1) is 13.8 Å². The normalized spacial score (nSPS) is 11.1. The van der Waals surface area contributed by atoms with Crippen molar-refractivity contribution >= 4 is 11.0 Å². The van der Waals surface area contributed by atoms with Crippen molar-refractivity contribution in [3.63, 3.8) is 0 Å². The van der Waals surface area contributed by atoms with E-state index < -0.39 is 0 Å². The van der Waals surface area contributed by atoms with Crippen LogP contribution in [0.2, 0.25) is 0 Å². The zero-order chi connectivity index (χ0) is 16.5. The predicted molar refractivity (Wildman–Crippen MR) is 98.0 cm³/mol. The molecule has 118 valence electrons. The second-order valence-electron chi connectivity index (χ2n) is 6.18. The lowest BCUT2D eigenvalue weighted by atomic mass is 10.1. The van der Waals surface area contributed by atoms with Gasteiger partial charge in [-0.3, -0.25) is 4.98 Å². The maximum Gasteiger partial charge on any atom is 0.141 e. The first-order valence-electron chi connectivity index (χ1n) is 8.14. The van der Waals surface area contributed by atoms with Gasteiger partial charge in [0.1, 0.15) is 5.82 Å². The van der Waals surface area contributed by atoms with E-state index in [1.54, 1.807) is 0 Å². The number of rotatable bonds is 3. The highest BCUT2D eigenvalue weighted by molar-refractivity contribution is 5.80. The zero-order valence-corrected chi connectivity index (χ0v) is 13.9. The molecule has 0 saturated heterocycles. The molecule has 0 aliphatic heterocycles. The van der Waals surface area contributed by atoms with E-state index in [1.807, 2.05) is 30.6 Å². The molecule has 0 unspecified atom stereocenters. The minimum absolute atomic E-state index is 0.811. The minimum Gasteiger partial charge on any atom is -0.319 e. The molecule has 0 atom stereocenters. The molecule has 0 bridgehead atoms. The summed E-state index contributed by atoms with van der Waals surface area (Å²) in [5, 5.41) is 0. The van der Waals surface area contributed by atoms with Crippen molar-refractivity contribution in [3.05, 3.63) is 83.7 Å². The van der Waals surface area contributed by atoms with E-state index in [9.17, 15) is 0 Å². The summed E-state index contributed by atoms with van der Waals surface area (Å²) in [5.74, 6) is 0.986. The van der Waals surface area contributed by atoms with Crippen molar-refractivity contribution in [2.24, 2.45) is 0 Å². The molecule has 4 rings (SSSR count). The van der Waals surface area contributed by atoms with E-state index in [0.29, 0.717) is 0 Å². The Morgan fingerprint density at radius 1 is 0.917 bits per heavy atom. The molecule has 0 radical (unpaired) electrons. The predicted octanol–water partition coefficient (Wildman–Crippen LogP) is 4.76. The molecule has 3 heteroatoms. The Morgan fingerprint density at radius 2 is 1.71 bits per heavy atom. The van der Waals surface area contributed by atoms with Crippen molar-refractivity contribution in [2.45, 2.75) is 20.4 Å². The van der Waals surface area contributed by atoms with Crippen LogP contribution >= 0.6 is 0 Å². The molecule has 3 nitrogen and oxygen atoms in total. The van der Waals surface area contributed by atoms with Gasteiger partial charge in [0.15, 0.2) is 0 Å². The topological polar surface area (TPSA) is 30.7 Å². The molecule has 0 aliphatic carbocycles. The summed E-state index contributed by atoms with van der Waals surface area (Å²) in [4.78, 5) is 8.99. The number of para-hydroxylation sites is 2. The molecule has 0 amide bonds. The Hall–Kier alpha value is -2.94. The van der Waals surface area contributed by atoms with Gasteiger partial charge in [-0.15, -0.1) is 0 Å². The van der Waals surface area contributed by atoms with Crippen LogP contribution in [0.1, 0.15) is 16.7 Å². The lowest BCUT2D eigenvalue weighted by Gasteiger charge is -2.12. The standard InChI is InChI=1S/C21H19N3/c1-15-7-8-16(2)18(13-15)14-24-20-6-4-3-5-19(20)23-21(24)17-9-11-22-12-10-17/h3-13H,14H2,1-2H3. The fourth-order valence-corrected chi connectivity index (χ4v) is 3.10.